The number of anilines is 1. The highest BCUT2D eigenvalue weighted by molar-refractivity contribution is 6.03. The van der Waals surface area contributed by atoms with Gasteiger partial charge in [0, 0.05) is 5.70 Å². The summed E-state index contributed by atoms with van der Waals surface area (Å²) in [5, 5.41) is 12.0. The number of urea groups is 1. The number of amides is 2. The molecule has 2 amide bonds. The van der Waals surface area contributed by atoms with Crippen LogP contribution in [0.1, 0.15) is 29.7 Å². The number of methoxy groups -OCH3 is 1. The van der Waals surface area contributed by atoms with E-state index in [4.69, 9.17) is 10.00 Å². The molecule has 136 valence electrons. The van der Waals surface area contributed by atoms with Gasteiger partial charge in [-0.25, -0.2) is 9.59 Å². The number of nitriles is 1. The number of carbonyl (C=O) groups excluding carboxylic acids is 2. The fourth-order valence-electron chi connectivity index (χ4n) is 3.16. The molecule has 0 aromatic heterocycles. The smallest absolute Gasteiger partial charge is 0.337 e. The van der Waals surface area contributed by atoms with Crippen LogP contribution in [0.15, 0.2) is 59.8 Å². The van der Waals surface area contributed by atoms with Gasteiger partial charge in [0.15, 0.2) is 0 Å². The molecule has 1 N–H and O–H groups in total. The molecule has 0 saturated carbocycles. The van der Waals surface area contributed by atoms with Gasteiger partial charge in [0.2, 0.25) is 0 Å². The molecule has 0 spiro atoms. The van der Waals surface area contributed by atoms with Crippen molar-refractivity contribution in [3.05, 3.63) is 76.5 Å². The molecule has 27 heavy (non-hydrogen) atoms. The van der Waals surface area contributed by atoms with Gasteiger partial charge in [0.05, 0.1) is 36.0 Å². The number of hydrogen-bond acceptors (Lipinski definition) is 4. The monoisotopic (exact) mass is 361 g/mol. The molecule has 6 heteroatoms. The molecule has 0 fully saturated rings. The summed E-state index contributed by atoms with van der Waals surface area (Å²) in [6.07, 6.45) is 0. The molecular formula is C21H19N3O3. The predicted molar refractivity (Wildman–Crippen MR) is 101 cm³/mol. The Morgan fingerprint density at radius 2 is 1.89 bits per heavy atom. The molecule has 3 rings (SSSR count). The molecule has 1 aliphatic heterocycles. The lowest BCUT2D eigenvalue weighted by atomic mass is 9.93. The Balaban J connectivity index is 2.14. The standard InChI is InChI=1S/C21H19N3O3/c1-13-7-9-17(10-8-13)24-14(2)18(20(25)27-3)19(23-21(24)26)16-6-4-5-15(11-16)12-22/h4-11,19H,1-3H3,(H,23,26)/t19-/m1/s1. The van der Waals surface area contributed by atoms with E-state index >= 15 is 0 Å². The zero-order chi connectivity index (χ0) is 19.6. The highest BCUT2D eigenvalue weighted by Crippen LogP contribution is 2.34. The summed E-state index contributed by atoms with van der Waals surface area (Å²) in [6.45, 7) is 3.67. The summed E-state index contributed by atoms with van der Waals surface area (Å²) < 4.78 is 4.97. The second-order valence-corrected chi connectivity index (χ2v) is 6.28. The van der Waals surface area contributed by atoms with Crippen LogP contribution in [0.3, 0.4) is 0 Å². The number of benzene rings is 2. The van der Waals surface area contributed by atoms with E-state index < -0.39 is 12.0 Å². The highest BCUT2D eigenvalue weighted by atomic mass is 16.5. The van der Waals surface area contributed by atoms with Crippen LogP contribution in [0.4, 0.5) is 10.5 Å². The molecule has 0 unspecified atom stereocenters. The van der Waals surface area contributed by atoms with Crippen LogP contribution < -0.4 is 10.2 Å². The van der Waals surface area contributed by atoms with Crippen molar-refractivity contribution in [2.24, 2.45) is 0 Å². The summed E-state index contributed by atoms with van der Waals surface area (Å²) in [6, 6.07) is 15.3. The lowest BCUT2D eigenvalue weighted by molar-refractivity contribution is -0.136. The summed E-state index contributed by atoms with van der Waals surface area (Å²) in [5.74, 6) is -0.531. The van der Waals surface area contributed by atoms with Crippen LogP contribution in [0, 0.1) is 18.3 Å². The van der Waals surface area contributed by atoms with Crippen molar-refractivity contribution in [2.45, 2.75) is 19.9 Å². The van der Waals surface area contributed by atoms with Crippen molar-refractivity contribution < 1.29 is 14.3 Å². The molecule has 0 bridgehead atoms. The van der Waals surface area contributed by atoms with Crippen molar-refractivity contribution in [1.29, 1.82) is 5.26 Å². The van der Waals surface area contributed by atoms with Gasteiger partial charge in [0.1, 0.15) is 0 Å². The Morgan fingerprint density at radius 1 is 1.19 bits per heavy atom. The molecule has 0 aliphatic carbocycles. The van der Waals surface area contributed by atoms with Gasteiger partial charge in [-0.2, -0.15) is 5.26 Å². The topological polar surface area (TPSA) is 82.4 Å². The Hall–Kier alpha value is -3.59. The molecule has 2 aromatic rings. The third kappa shape index (κ3) is 3.40. The van der Waals surface area contributed by atoms with E-state index in [0.29, 0.717) is 28.1 Å². The average Bonchev–Trinajstić information content (AvgIpc) is 2.68. The van der Waals surface area contributed by atoms with Gasteiger partial charge in [-0.1, -0.05) is 29.8 Å². The van der Waals surface area contributed by atoms with Gasteiger partial charge in [-0.3, -0.25) is 4.90 Å². The maximum absolute atomic E-state index is 12.8. The number of hydrogen-bond donors (Lipinski definition) is 1. The van der Waals surface area contributed by atoms with E-state index in [-0.39, 0.29) is 6.03 Å². The molecule has 0 saturated heterocycles. The molecule has 1 atom stereocenters. The normalized spacial score (nSPS) is 16.6. The van der Waals surface area contributed by atoms with Crippen LogP contribution in [0.5, 0.6) is 0 Å². The van der Waals surface area contributed by atoms with Gasteiger partial charge in [-0.15, -0.1) is 0 Å². The van der Waals surface area contributed by atoms with Crippen molar-refractivity contribution in [2.75, 3.05) is 12.0 Å². The van der Waals surface area contributed by atoms with Gasteiger partial charge >= 0.3 is 12.0 Å². The minimum atomic E-state index is -0.694. The number of allylic oxidation sites excluding steroid dienone is 1. The zero-order valence-corrected chi connectivity index (χ0v) is 15.3. The zero-order valence-electron chi connectivity index (χ0n) is 15.3. The fourth-order valence-corrected chi connectivity index (χ4v) is 3.16. The van der Waals surface area contributed by atoms with Crippen LogP contribution in [-0.4, -0.2) is 19.1 Å². The van der Waals surface area contributed by atoms with Crippen LogP contribution in [0.25, 0.3) is 0 Å². The maximum Gasteiger partial charge on any atom is 0.337 e. The third-order valence-corrected chi connectivity index (χ3v) is 4.53. The first-order chi connectivity index (χ1) is 13.0. The van der Waals surface area contributed by atoms with Crippen molar-refractivity contribution in [3.63, 3.8) is 0 Å². The Bertz CT molecular complexity index is 971. The van der Waals surface area contributed by atoms with Crippen LogP contribution in [-0.2, 0) is 9.53 Å². The van der Waals surface area contributed by atoms with Gasteiger partial charge in [-0.05, 0) is 43.7 Å². The SMILES string of the molecule is COC(=O)C1=C(C)N(c2ccc(C)cc2)C(=O)N[C@@H]1c1cccc(C#N)c1. The highest BCUT2D eigenvalue weighted by Gasteiger charge is 2.37. The molecule has 2 aromatic carbocycles. The van der Waals surface area contributed by atoms with Crippen LogP contribution >= 0.6 is 0 Å². The van der Waals surface area contributed by atoms with E-state index in [1.807, 2.05) is 31.2 Å². The molecule has 0 radical (unpaired) electrons. The third-order valence-electron chi connectivity index (χ3n) is 4.53. The molecule has 1 heterocycles. The lowest BCUT2D eigenvalue weighted by Gasteiger charge is -2.35. The number of esters is 1. The van der Waals surface area contributed by atoms with Gasteiger partial charge in [0.25, 0.3) is 0 Å². The van der Waals surface area contributed by atoms with E-state index in [0.717, 1.165) is 5.56 Å². The Morgan fingerprint density at radius 3 is 2.52 bits per heavy atom. The summed E-state index contributed by atoms with van der Waals surface area (Å²) in [4.78, 5) is 26.8. The first-order valence-electron chi connectivity index (χ1n) is 8.42. The number of nitrogens with zero attached hydrogens (tertiary/aromatic N) is 2. The minimum absolute atomic E-state index is 0.327. The van der Waals surface area contributed by atoms with E-state index in [1.54, 1.807) is 31.2 Å². The number of ether oxygens (including phenoxy) is 1. The number of carbonyl (C=O) groups is 2. The van der Waals surface area contributed by atoms with E-state index in [9.17, 15) is 9.59 Å². The minimum Gasteiger partial charge on any atom is -0.466 e. The maximum atomic E-state index is 12.8. The van der Waals surface area contributed by atoms with Crippen molar-refractivity contribution in [1.82, 2.24) is 5.32 Å². The fraction of sp³-hybridized carbons (Fsp3) is 0.190. The van der Waals surface area contributed by atoms with Crippen molar-refractivity contribution in [3.8, 4) is 6.07 Å². The quantitative estimate of drug-likeness (QED) is 0.847. The second kappa shape index (κ2) is 7.34. The summed E-state index contributed by atoms with van der Waals surface area (Å²) in [7, 11) is 1.30. The Kier molecular flexibility index (Phi) is 4.95. The van der Waals surface area contributed by atoms with Crippen molar-refractivity contribution >= 4 is 17.7 Å². The summed E-state index contributed by atoms with van der Waals surface area (Å²) in [5.41, 5.74) is 3.63. The largest absolute Gasteiger partial charge is 0.466 e. The first kappa shape index (κ1) is 18.2. The molecular weight excluding hydrogens is 342 g/mol. The molecule has 1 aliphatic rings. The van der Waals surface area contributed by atoms with E-state index in [1.165, 1.54) is 12.0 Å². The first-order valence-corrected chi connectivity index (χ1v) is 8.42. The lowest BCUT2D eigenvalue weighted by Crippen LogP contribution is -2.48. The molecule has 6 nitrogen and oxygen atoms in total. The number of aryl methyl sites for hydroxylation is 1. The number of rotatable bonds is 3. The Labute approximate surface area is 157 Å². The van der Waals surface area contributed by atoms with Gasteiger partial charge < -0.3 is 10.1 Å². The summed E-state index contributed by atoms with van der Waals surface area (Å²) >= 11 is 0. The van der Waals surface area contributed by atoms with Crippen LogP contribution in [0.2, 0.25) is 0 Å². The predicted octanol–water partition coefficient (Wildman–Crippen LogP) is 3.58. The van der Waals surface area contributed by atoms with E-state index in [2.05, 4.69) is 11.4 Å². The second-order valence-electron chi connectivity index (χ2n) is 6.28. The number of nitrogens with one attached hydrogen (secondary N) is 1. The average molecular weight is 361 g/mol.